The molecule has 100 valence electrons. The summed E-state index contributed by atoms with van der Waals surface area (Å²) in [5, 5.41) is 6.82. The molecule has 0 radical (unpaired) electrons. The van der Waals surface area contributed by atoms with Gasteiger partial charge < -0.3 is 4.57 Å². The molecule has 4 nitrogen and oxygen atoms in total. The van der Waals surface area contributed by atoms with E-state index in [0.717, 1.165) is 4.57 Å². The maximum absolute atomic E-state index is 12.6. The molecular formula is C10H12ClF3N4. The molecule has 0 amide bonds. The van der Waals surface area contributed by atoms with Gasteiger partial charge in [-0.25, -0.2) is 0 Å². The Morgan fingerprint density at radius 2 is 2.00 bits per heavy atom. The minimum Gasteiger partial charge on any atom is -0.305 e. The molecule has 0 aliphatic carbocycles. The fourth-order valence-electron chi connectivity index (χ4n) is 1.86. The highest BCUT2D eigenvalue weighted by molar-refractivity contribution is 6.18. The van der Waals surface area contributed by atoms with Crippen LogP contribution in [0.15, 0.2) is 12.2 Å². The number of alkyl halides is 4. The first-order chi connectivity index (χ1) is 8.52. The van der Waals surface area contributed by atoms with E-state index in [1.54, 1.807) is 0 Å². The van der Waals surface area contributed by atoms with E-state index in [0.29, 0.717) is 31.3 Å². The fraction of sp³-hybridized carbons (Fsp3) is 0.600. The normalized spacial score (nSPS) is 17.3. The van der Waals surface area contributed by atoms with E-state index in [4.69, 9.17) is 11.6 Å². The van der Waals surface area contributed by atoms with Crippen LogP contribution in [0.2, 0.25) is 0 Å². The summed E-state index contributed by atoms with van der Waals surface area (Å²) >= 11 is 5.50. The molecule has 1 aliphatic heterocycles. The standard InChI is InChI=1S/C10H12ClF3N4/c11-3-1-2-4-17-5-6-18-8(7-17)15-16-9(18)10(12,13)14/h1-2H,3-7H2. The number of hydrogen-bond acceptors (Lipinski definition) is 3. The molecule has 1 aromatic heterocycles. The van der Waals surface area contributed by atoms with E-state index in [-0.39, 0.29) is 6.54 Å². The fourth-order valence-corrected chi connectivity index (χ4v) is 1.99. The van der Waals surface area contributed by atoms with Crippen molar-refractivity contribution in [1.29, 1.82) is 0 Å². The molecule has 0 N–H and O–H groups in total. The van der Waals surface area contributed by atoms with Crippen molar-refractivity contribution in [3.05, 3.63) is 23.8 Å². The van der Waals surface area contributed by atoms with Crippen molar-refractivity contribution in [1.82, 2.24) is 19.7 Å². The number of rotatable bonds is 3. The second-order valence-electron chi connectivity index (χ2n) is 3.95. The van der Waals surface area contributed by atoms with Crippen LogP contribution in [0.25, 0.3) is 0 Å². The van der Waals surface area contributed by atoms with Gasteiger partial charge in [-0.2, -0.15) is 13.2 Å². The SMILES string of the molecule is FC(F)(F)c1nnc2n1CCN(CC=CCCl)C2. The highest BCUT2D eigenvalue weighted by Gasteiger charge is 2.39. The van der Waals surface area contributed by atoms with Gasteiger partial charge >= 0.3 is 6.18 Å². The molecule has 0 bridgehead atoms. The molecule has 2 rings (SSSR count). The largest absolute Gasteiger partial charge is 0.451 e. The quantitative estimate of drug-likeness (QED) is 0.626. The van der Waals surface area contributed by atoms with Crippen LogP contribution in [0.3, 0.4) is 0 Å². The van der Waals surface area contributed by atoms with Crippen molar-refractivity contribution >= 4 is 11.6 Å². The molecule has 0 atom stereocenters. The average molecular weight is 281 g/mol. The molecular weight excluding hydrogens is 269 g/mol. The van der Waals surface area contributed by atoms with Gasteiger partial charge in [-0.05, 0) is 0 Å². The number of halogens is 4. The van der Waals surface area contributed by atoms with Gasteiger partial charge in [0.1, 0.15) is 5.82 Å². The summed E-state index contributed by atoms with van der Waals surface area (Å²) in [6.45, 7) is 1.82. The van der Waals surface area contributed by atoms with Gasteiger partial charge in [-0.3, -0.25) is 4.90 Å². The Morgan fingerprint density at radius 3 is 2.67 bits per heavy atom. The molecule has 0 spiro atoms. The van der Waals surface area contributed by atoms with Crippen LogP contribution in [0.5, 0.6) is 0 Å². The molecule has 8 heteroatoms. The van der Waals surface area contributed by atoms with Crippen molar-refractivity contribution in [2.24, 2.45) is 0 Å². The van der Waals surface area contributed by atoms with Crippen LogP contribution in [-0.4, -0.2) is 38.6 Å². The minimum absolute atomic E-state index is 0.256. The Morgan fingerprint density at radius 1 is 1.22 bits per heavy atom. The summed E-state index contributed by atoms with van der Waals surface area (Å²) in [6, 6.07) is 0. The van der Waals surface area contributed by atoms with Gasteiger partial charge in [0.2, 0.25) is 5.82 Å². The number of fused-ring (bicyclic) bond motifs is 1. The van der Waals surface area contributed by atoms with Gasteiger partial charge in [-0.1, -0.05) is 12.2 Å². The van der Waals surface area contributed by atoms with E-state index < -0.39 is 12.0 Å². The van der Waals surface area contributed by atoms with Crippen molar-refractivity contribution in [2.45, 2.75) is 19.3 Å². The second kappa shape index (κ2) is 5.27. The third kappa shape index (κ3) is 2.84. The van der Waals surface area contributed by atoms with Crippen LogP contribution in [-0.2, 0) is 19.3 Å². The Labute approximate surface area is 107 Å². The van der Waals surface area contributed by atoms with Gasteiger partial charge in [-0.15, -0.1) is 21.8 Å². The zero-order valence-corrected chi connectivity index (χ0v) is 10.2. The first kappa shape index (κ1) is 13.4. The number of hydrogen-bond donors (Lipinski definition) is 0. The summed E-state index contributed by atoms with van der Waals surface area (Å²) in [5.74, 6) is -0.122. The monoisotopic (exact) mass is 280 g/mol. The molecule has 0 aromatic carbocycles. The van der Waals surface area contributed by atoms with E-state index in [2.05, 4.69) is 10.2 Å². The van der Waals surface area contributed by atoms with Gasteiger partial charge in [0.25, 0.3) is 0 Å². The molecule has 1 aromatic rings. The molecule has 0 unspecified atom stereocenters. The summed E-state index contributed by atoms with van der Waals surface area (Å²) in [7, 11) is 0. The smallest absolute Gasteiger partial charge is 0.305 e. The third-order valence-corrected chi connectivity index (χ3v) is 2.88. The van der Waals surface area contributed by atoms with Crippen LogP contribution in [0.4, 0.5) is 13.2 Å². The summed E-state index contributed by atoms with van der Waals surface area (Å²) < 4.78 is 38.9. The predicted molar refractivity (Wildman–Crippen MR) is 60.2 cm³/mol. The molecule has 0 saturated carbocycles. The van der Waals surface area contributed by atoms with E-state index in [1.165, 1.54) is 0 Å². The Hall–Kier alpha value is -1.08. The average Bonchev–Trinajstić information content (AvgIpc) is 2.72. The van der Waals surface area contributed by atoms with E-state index in [9.17, 15) is 13.2 Å². The number of allylic oxidation sites excluding steroid dienone is 1. The topological polar surface area (TPSA) is 34.0 Å². The molecule has 0 saturated heterocycles. The van der Waals surface area contributed by atoms with Crippen molar-refractivity contribution in [3.63, 3.8) is 0 Å². The molecule has 2 heterocycles. The number of aromatic nitrogens is 3. The van der Waals surface area contributed by atoms with Crippen LogP contribution in [0, 0.1) is 0 Å². The van der Waals surface area contributed by atoms with Crippen molar-refractivity contribution in [3.8, 4) is 0 Å². The lowest BCUT2D eigenvalue weighted by Crippen LogP contribution is -2.35. The summed E-state index contributed by atoms with van der Waals surface area (Å²) in [6.07, 6.45) is -0.738. The third-order valence-electron chi connectivity index (χ3n) is 2.71. The van der Waals surface area contributed by atoms with Crippen LogP contribution < -0.4 is 0 Å². The van der Waals surface area contributed by atoms with Gasteiger partial charge in [0.05, 0.1) is 6.54 Å². The highest BCUT2D eigenvalue weighted by Crippen LogP contribution is 2.29. The van der Waals surface area contributed by atoms with Gasteiger partial charge in [0, 0.05) is 25.5 Å². The highest BCUT2D eigenvalue weighted by atomic mass is 35.5. The maximum atomic E-state index is 12.6. The van der Waals surface area contributed by atoms with Gasteiger partial charge in [0.15, 0.2) is 0 Å². The molecule has 0 fully saturated rings. The van der Waals surface area contributed by atoms with Crippen molar-refractivity contribution < 1.29 is 13.2 Å². The lowest BCUT2D eigenvalue weighted by molar-refractivity contribution is -0.148. The predicted octanol–water partition coefficient (Wildman–Crippen LogP) is 1.91. The Balaban J connectivity index is 2.08. The second-order valence-corrected chi connectivity index (χ2v) is 4.26. The van der Waals surface area contributed by atoms with Crippen LogP contribution >= 0.6 is 11.6 Å². The molecule has 1 aliphatic rings. The lowest BCUT2D eigenvalue weighted by atomic mass is 10.3. The van der Waals surface area contributed by atoms with Crippen LogP contribution in [0.1, 0.15) is 11.6 Å². The van der Waals surface area contributed by atoms with Crippen molar-refractivity contribution in [2.75, 3.05) is 19.0 Å². The maximum Gasteiger partial charge on any atom is 0.451 e. The van der Waals surface area contributed by atoms with E-state index in [1.807, 2.05) is 17.1 Å². The minimum atomic E-state index is -4.44. The summed E-state index contributed by atoms with van der Waals surface area (Å²) in [4.78, 5) is 1.99. The zero-order chi connectivity index (χ0) is 13.2. The van der Waals surface area contributed by atoms with E-state index >= 15 is 0 Å². The Bertz CT molecular complexity index is 441. The lowest BCUT2D eigenvalue weighted by Gasteiger charge is -2.26. The first-order valence-electron chi connectivity index (χ1n) is 5.45. The number of nitrogens with zero attached hydrogens (tertiary/aromatic N) is 4. The molecule has 18 heavy (non-hydrogen) atoms. The summed E-state index contributed by atoms with van der Waals surface area (Å²) in [5.41, 5.74) is 0. The Kier molecular flexibility index (Phi) is 3.91. The first-order valence-corrected chi connectivity index (χ1v) is 5.98. The zero-order valence-electron chi connectivity index (χ0n) is 9.49.